The molecule has 8 heteroatoms. The first kappa shape index (κ1) is 21.0. The van der Waals surface area contributed by atoms with Gasteiger partial charge >= 0.3 is 6.03 Å². The highest BCUT2D eigenvalue weighted by atomic mass is 32.2. The first-order valence-corrected chi connectivity index (χ1v) is 11.3. The highest BCUT2D eigenvalue weighted by molar-refractivity contribution is 7.89. The Balaban J connectivity index is 1.42. The average molecular weight is 440 g/mol. The highest BCUT2D eigenvalue weighted by Gasteiger charge is 2.28. The van der Waals surface area contributed by atoms with Crippen molar-refractivity contribution in [1.82, 2.24) is 9.62 Å². The summed E-state index contributed by atoms with van der Waals surface area (Å²) in [7, 11) is -3.58. The zero-order chi connectivity index (χ0) is 21.8. The SMILES string of the molecule is O=C(NCc1ccc(F)cc1)Nc1ccc2c(c1)CN(S(=O)(=O)c1ccccc1)CC2. The summed E-state index contributed by atoms with van der Waals surface area (Å²) >= 11 is 0. The molecule has 0 radical (unpaired) electrons. The molecule has 0 atom stereocenters. The monoisotopic (exact) mass is 439 g/mol. The lowest BCUT2D eigenvalue weighted by Crippen LogP contribution is -2.36. The fourth-order valence-electron chi connectivity index (χ4n) is 3.52. The van der Waals surface area contributed by atoms with Crippen molar-refractivity contribution in [1.29, 1.82) is 0 Å². The van der Waals surface area contributed by atoms with Gasteiger partial charge in [0.2, 0.25) is 10.0 Å². The summed E-state index contributed by atoms with van der Waals surface area (Å²) in [6.07, 6.45) is 0.610. The van der Waals surface area contributed by atoms with Crippen molar-refractivity contribution >= 4 is 21.7 Å². The summed E-state index contributed by atoms with van der Waals surface area (Å²) in [4.78, 5) is 12.5. The second-order valence-corrected chi connectivity index (χ2v) is 9.26. The maximum absolute atomic E-state index is 13.0. The van der Waals surface area contributed by atoms with Crippen LogP contribution in [-0.2, 0) is 29.5 Å². The van der Waals surface area contributed by atoms with Gasteiger partial charge in [0.25, 0.3) is 0 Å². The van der Waals surface area contributed by atoms with Crippen LogP contribution in [0.1, 0.15) is 16.7 Å². The van der Waals surface area contributed by atoms with Crippen molar-refractivity contribution in [3.63, 3.8) is 0 Å². The number of nitrogens with one attached hydrogen (secondary N) is 2. The van der Waals surface area contributed by atoms with E-state index in [4.69, 9.17) is 0 Å². The van der Waals surface area contributed by atoms with Gasteiger partial charge in [-0.05, 0) is 59.5 Å². The van der Waals surface area contributed by atoms with Gasteiger partial charge in [0, 0.05) is 25.3 Å². The number of fused-ring (bicyclic) bond motifs is 1. The maximum Gasteiger partial charge on any atom is 0.319 e. The van der Waals surface area contributed by atoms with E-state index in [2.05, 4.69) is 10.6 Å². The molecule has 3 aromatic rings. The number of halogens is 1. The second-order valence-electron chi connectivity index (χ2n) is 7.32. The van der Waals surface area contributed by atoms with Gasteiger partial charge in [0.1, 0.15) is 5.82 Å². The maximum atomic E-state index is 13.0. The number of nitrogens with zero attached hydrogens (tertiary/aromatic N) is 1. The molecule has 0 aromatic heterocycles. The Hall–Kier alpha value is -3.23. The lowest BCUT2D eigenvalue weighted by Gasteiger charge is -2.28. The third-order valence-corrected chi connectivity index (χ3v) is 7.05. The van der Waals surface area contributed by atoms with Gasteiger partial charge in [-0.1, -0.05) is 36.4 Å². The molecule has 0 saturated heterocycles. The fraction of sp³-hybridized carbons (Fsp3) is 0.174. The smallest absolute Gasteiger partial charge is 0.319 e. The van der Waals surface area contributed by atoms with Crippen LogP contribution in [0.4, 0.5) is 14.9 Å². The number of anilines is 1. The molecule has 3 aromatic carbocycles. The van der Waals surface area contributed by atoms with E-state index >= 15 is 0 Å². The molecule has 0 saturated carbocycles. The molecule has 31 heavy (non-hydrogen) atoms. The van der Waals surface area contributed by atoms with Crippen LogP contribution < -0.4 is 10.6 Å². The van der Waals surface area contributed by atoms with Crippen molar-refractivity contribution in [2.75, 3.05) is 11.9 Å². The molecule has 0 bridgehead atoms. The number of urea groups is 1. The van der Waals surface area contributed by atoms with Gasteiger partial charge in [-0.3, -0.25) is 0 Å². The Morgan fingerprint density at radius 1 is 0.968 bits per heavy atom. The molecule has 0 spiro atoms. The molecule has 2 amide bonds. The molecule has 0 aliphatic carbocycles. The predicted octanol–water partition coefficient (Wildman–Crippen LogP) is 3.89. The van der Waals surface area contributed by atoms with Gasteiger partial charge in [-0.25, -0.2) is 17.6 Å². The van der Waals surface area contributed by atoms with Crippen LogP contribution in [0.2, 0.25) is 0 Å². The Kier molecular flexibility index (Phi) is 6.01. The van der Waals surface area contributed by atoms with Crippen LogP contribution in [0, 0.1) is 5.82 Å². The minimum Gasteiger partial charge on any atom is -0.334 e. The number of benzene rings is 3. The summed E-state index contributed by atoms with van der Waals surface area (Å²) < 4.78 is 40.3. The fourth-order valence-corrected chi connectivity index (χ4v) is 4.96. The van der Waals surface area contributed by atoms with Crippen LogP contribution in [-0.4, -0.2) is 25.3 Å². The van der Waals surface area contributed by atoms with E-state index < -0.39 is 16.1 Å². The van der Waals surface area contributed by atoms with Crippen molar-refractivity contribution in [3.8, 4) is 0 Å². The van der Waals surface area contributed by atoms with Gasteiger partial charge in [0.15, 0.2) is 0 Å². The standard InChI is InChI=1S/C23H22FN3O3S/c24-20-9-6-17(7-10-20)15-25-23(28)26-21-11-8-18-12-13-27(16-19(18)14-21)31(29,30)22-4-2-1-3-5-22/h1-11,14H,12-13,15-16H2,(H2,25,26,28). The van der Waals surface area contributed by atoms with Crippen molar-refractivity contribution in [2.24, 2.45) is 0 Å². The lowest BCUT2D eigenvalue weighted by molar-refractivity contribution is 0.251. The number of rotatable bonds is 5. The van der Waals surface area contributed by atoms with Gasteiger partial charge < -0.3 is 10.6 Å². The zero-order valence-corrected chi connectivity index (χ0v) is 17.5. The normalized spacial score (nSPS) is 14.0. The Bertz CT molecular complexity index is 1180. The first-order valence-electron chi connectivity index (χ1n) is 9.88. The van der Waals surface area contributed by atoms with E-state index in [0.29, 0.717) is 18.7 Å². The molecule has 0 unspecified atom stereocenters. The molecular formula is C23H22FN3O3S. The zero-order valence-electron chi connectivity index (χ0n) is 16.7. The third-order valence-electron chi connectivity index (χ3n) is 5.19. The molecule has 4 rings (SSSR count). The molecule has 160 valence electrons. The van der Waals surface area contributed by atoms with Crippen LogP contribution in [0.15, 0.2) is 77.7 Å². The van der Waals surface area contributed by atoms with Crippen LogP contribution in [0.3, 0.4) is 0 Å². The summed E-state index contributed by atoms with van der Waals surface area (Å²) in [5.74, 6) is -0.328. The molecule has 6 nitrogen and oxygen atoms in total. The van der Waals surface area contributed by atoms with E-state index in [-0.39, 0.29) is 23.8 Å². The van der Waals surface area contributed by atoms with Gasteiger partial charge in [-0.2, -0.15) is 4.31 Å². The Morgan fingerprint density at radius 2 is 1.71 bits per heavy atom. The minimum absolute atomic E-state index is 0.249. The van der Waals surface area contributed by atoms with E-state index in [0.717, 1.165) is 16.7 Å². The van der Waals surface area contributed by atoms with Crippen molar-refractivity contribution in [2.45, 2.75) is 24.4 Å². The van der Waals surface area contributed by atoms with Crippen molar-refractivity contribution in [3.05, 3.63) is 95.3 Å². The van der Waals surface area contributed by atoms with E-state index in [1.54, 1.807) is 54.6 Å². The minimum atomic E-state index is -3.58. The van der Waals surface area contributed by atoms with E-state index in [1.807, 2.05) is 6.07 Å². The van der Waals surface area contributed by atoms with Crippen LogP contribution >= 0.6 is 0 Å². The average Bonchev–Trinajstić information content (AvgIpc) is 2.79. The van der Waals surface area contributed by atoms with E-state index in [1.165, 1.54) is 16.4 Å². The number of hydrogen-bond acceptors (Lipinski definition) is 3. The Morgan fingerprint density at radius 3 is 2.45 bits per heavy atom. The second kappa shape index (κ2) is 8.87. The van der Waals surface area contributed by atoms with Gasteiger partial charge in [-0.15, -0.1) is 0 Å². The molecule has 1 aliphatic rings. The number of carbonyl (C=O) groups is 1. The largest absolute Gasteiger partial charge is 0.334 e. The first-order chi connectivity index (χ1) is 14.9. The summed E-state index contributed by atoms with van der Waals surface area (Å²) in [6, 6.07) is 19.4. The molecule has 1 heterocycles. The number of carbonyl (C=O) groups excluding carboxylic acids is 1. The van der Waals surface area contributed by atoms with Crippen LogP contribution in [0.5, 0.6) is 0 Å². The summed E-state index contributed by atoms with van der Waals surface area (Å²) in [5, 5.41) is 5.49. The number of amides is 2. The van der Waals surface area contributed by atoms with Crippen molar-refractivity contribution < 1.29 is 17.6 Å². The highest BCUT2D eigenvalue weighted by Crippen LogP contribution is 2.27. The third kappa shape index (κ3) is 4.92. The van der Waals surface area contributed by atoms with E-state index in [9.17, 15) is 17.6 Å². The Labute approximate surface area is 180 Å². The van der Waals surface area contributed by atoms with Gasteiger partial charge in [0.05, 0.1) is 4.90 Å². The topological polar surface area (TPSA) is 78.5 Å². The molecule has 2 N–H and O–H groups in total. The molecule has 0 fully saturated rings. The van der Waals surface area contributed by atoms with Crippen LogP contribution in [0.25, 0.3) is 0 Å². The number of hydrogen-bond donors (Lipinski definition) is 2. The predicted molar refractivity (Wildman–Crippen MR) is 116 cm³/mol. The lowest BCUT2D eigenvalue weighted by atomic mass is 10.0. The quantitative estimate of drug-likeness (QED) is 0.633. The molecular weight excluding hydrogens is 417 g/mol. The number of sulfonamides is 1. The summed E-state index contributed by atoms with van der Waals surface area (Å²) in [6.45, 7) is 0.925. The summed E-state index contributed by atoms with van der Waals surface area (Å²) in [5.41, 5.74) is 3.29. The molecule has 1 aliphatic heterocycles.